The molecule has 0 aliphatic carbocycles. The molecule has 78 heavy (non-hydrogen) atoms. The van der Waals surface area contributed by atoms with Crippen LogP contribution in [0.2, 0.25) is 0 Å². The second-order valence-corrected chi connectivity index (χ2v) is 22.4. The summed E-state index contributed by atoms with van der Waals surface area (Å²) in [6.07, 6.45) is 3.30. The van der Waals surface area contributed by atoms with Gasteiger partial charge < -0.3 is 74.4 Å². The van der Waals surface area contributed by atoms with E-state index in [0.29, 0.717) is 23.8 Å². The second-order valence-electron chi connectivity index (χ2n) is 19.9. The highest BCUT2D eigenvalue weighted by Crippen LogP contribution is 2.25. The van der Waals surface area contributed by atoms with Crippen molar-refractivity contribution in [1.82, 2.24) is 52.4 Å². The van der Waals surface area contributed by atoms with E-state index >= 15 is 0 Å². The minimum Gasteiger partial charge on any atom is -0.370 e. The first-order valence-corrected chi connectivity index (χ1v) is 28.5. The van der Waals surface area contributed by atoms with E-state index in [-0.39, 0.29) is 75.0 Å². The van der Waals surface area contributed by atoms with Gasteiger partial charge in [-0.25, -0.2) is 0 Å². The summed E-state index contributed by atoms with van der Waals surface area (Å²) >= 11 is 0. The predicted octanol–water partition coefficient (Wildman–Crippen LogP) is -1.10. The molecule has 2 aliphatic rings. The number of aldehydes is 1. The van der Waals surface area contributed by atoms with Gasteiger partial charge in [-0.3, -0.25) is 48.1 Å². The van der Waals surface area contributed by atoms with Crippen LogP contribution < -0.4 is 59.7 Å². The first-order valence-electron chi connectivity index (χ1n) is 26.0. The highest BCUT2D eigenvalue weighted by atomic mass is 33.1. The topological polar surface area (TPSA) is 376 Å². The Morgan fingerprint density at radius 2 is 1.21 bits per heavy atom. The highest BCUT2D eigenvalue weighted by Gasteiger charge is 2.38. The lowest BCUT2D eigenvalue weighted by Gasteiger charge is -2.28. The van der Waals surface area contributed by atoms with Crippen molar-refractivity contribution in [1.29, 1.82) is 0 Å². The SMILES string of the molecule is CC(C)C[C@@H]1NC(=O)[C@H](C)NC(=O)[C@H](C)NC(=O)[C@H](Cc2ccccc2)NC(=O)[C@H](CCCN=C(N)N)NC(=O)[C@H](C)NC(=O)[C@@H]2CCCN2C(=O)[C@@H](N)CSSC[C@@H](C=O)NC(=O)[C@H](Cc2c[nH]c3ccccc23)NC1=O. The number of aliphatic imine (C=N–C) groups is 1. The zero-order valence-corrected chi connectivity index (χ0v) is 46.1. The van der Waals surface area contributed by atoms with Crippen molar-refractivity contribution >= 4 is 97.9 Å². The summed E-state index contributed by atoms with van der Waals surface area (Å²) in [5, 5.41) is 22.3. The molecule has 2 aromatic carbocycles. The standard InChI is InChI=1S/C52H74N14O10S2/c1-28(2)21-39-49(74)65-41(23-33-24-57-37-16-10-9-15-35(33)37)48(73)61-34(25-67)26-77-78-27-36(53)51(76)66-20-12-18-42(66)50(75)60-31(5)44(69)62-38(17-11-19-56-52(54)55)46(71)64-40(22-32-13-7-6-8-14-32)47(72)59-29(3)43(68)58-30(4)45(70)63-39/h6-10,13-16,24-25,28-31,34,36,38-42,57H,11-12,17-23,26-27,53H2,1-5H3,(H,58,68)(H,59,72)(H,60,75)(H,61,73)(H,62,69)(H,63,70)(H,64,71)(H,65,74)(H4,54,55,56)/t29-,30-,31-,34+,36-,38-,39-,40-,41-,42-/m0/s1. The van der Waals surface area contributed by atoms with Crippen LogP contribution in [0.1, 0.15) is 77.8 Å². The monoisotopic (exact) mass is 1120 g/mol. The maximum absolute atomic E-state index is 14.3. The van der Waals surface area contributed by atoms with Crippen molar-refractivity contribution in [2.24, 2.45) is 28.1 Å². The zero-order chi connectivity index (χ0) is 57.1. The van der Waals surface area contributed by atoms with E-state index in [4.69, 9.17) is 17.2 Å². The smallest absolute Gasteiger partial charge is 0.243 e. The Kier molecular flexibility index (Phi) is 23.8. The van der Waals surface area contributed by atoms with Crippen LogP contribution in [0.3, 0.4) is 0 Å². The molecule has 0 unspecified atom stereocenters. The maximum Gasteiger partial charge on any atom is 0.243 e. The molecule has 0 radical (unpaired) electrons. The van der Waals surface area contributed by atoms with Gasteiger partial charge in [0.15, 0.2) is 5.96 Å². The summed E-state index contributed by atoms with van der Waals surface area (Å²) in [5.41, 5.74) is 19.5. The number of carbonyl (C=O) groups excluding carboxylic acids is 10. The van der Waals surface area contributed by atoms with Gasteiger partial charge in [-0.15, -0.1) is 0 Å². The molecule has 1 aromatic heterocycles. The average molecular weight is 1120 g/mol. The molecular weight excluding hydrogens is 1040 g/mol. The van der Waals surface area contributed by atoms with Gasteiger partial charge >= 0.3 is 0 Å². The first kappa shape index (κ1) is 61.7. The van der Waals surface area contributed by atoms with Crippen molar-refractivity contribution in [2.45, 2.75) is 140 Å². The van der Waals surface area contributed by atoms with Crippen molar-refractivity contribution in [3.63, 3.8) is 0 Å². The van der Waals surface area contributed by atoms with Crippen LogP contribution in [0.15, 0.2) is 65.8 Å². The number of rotatable bonds is 11. The number of amides is 9. The third kappa shape index (κ3) is 18.5. The Morgan fingerprint density at radius 1 is 0.667 bits per heavy atom. The summed E-state index contributed by atoms with van der Waals surface area (Å²) in [6, 6.07) is 4.26. The summed E-state index contributed by atoms with van der Waals surface area (Å²) in [7, 11) is 2.36. The molecule has 15 N–H and O–H groups in total. The lowest BCUT2D eigenvalue weighted by molar-refractivity contribution is -0.140. The molecular formula is C52H74N14O10S2. The van der Waals surface area contributed by atoms with Crippen LogP contribution in [0, 0.1) is 5.92 Å². The summed E-state index contributed by atoms with van der Waals surface area (Å²) < 4.78 is 0. The molecule has 2 fully saturated rings. The van der Waals surface area contributed by atoms with E-state index in [0.717, 1.165) is 10.9 Å². The van der Waals surface area contributed by atoms with Gasteiger partial charge in [-0.1, -0.05) is 84.0 Å². The zero-order valence-electron chi connectivity index (χ0n) is 44.5. The second kappa shape index (κ2) is 30.1. The number of hydrogen-bond donors (Lipinski definition) is 12. The number of fused-ring (bicyclic) bond motifs is 2. The molecule has 0 saturated carbocycles. The van der Waals surface area contributed by atoms with Crippen molar-refractivity contribution in [3.05, 3.63) is 71.9 Å². The molecule has 3 heterocycles. The average Bonchev–Trinajstić information content (AvgIpc) is 4.08. The fourth-order valence-corrected chi connectivity index (χ4v) is 11.0. The van der Waals surface area contributed by atoms with Crippen LogP contribution in [-0.4, -0.2) is 160 Å². The lowest BCUT2D eigenvalue weighted by atomic mass is 10.0. The number of nitrogens with one attached hydrogen (secondary N) is 9. The van der Waals surface area contributed by atoms with E-state index in [9.17, 15) is 47.9 Å². The number of benzene rings is 2. The third-order valence-corrected chi connectivity index (χ3v) is 15.5. The van der Waals surface area contributed by atoms with E-state index in [2.05, 4.69) is 52.5 Å². The van der Waals surface area contributed by atoms with Gasteiger partial charge in [-0.2, -0.15) is 0 Å². The van der Waals surface area contributed by atoms with Gasteiger partial charge in [0.25, 0.3) is 0 Å². The molecule has 0 bridgehead atoms. The Morgan fingerprint density at radius 3 is 1.86 bits per heavy atom. The highest BCUT2D eigenvalue weighted by molar-refractivity contribution is 8.76. The third-order valence-electron chi connectivity index (χ3n) is 13.0. The molecule has 2 aliphatic heterocycles. The van der Waals surface area contributed by atoms with E-state index in [1.165, 1.54) is 47.3 Å². The van der Waals surface area contributed by atoms with Gasteiger partial charge in [0.1, 0.15) is 54.6 Å². The molecule has 24 nitrogen and oxygen atoms in total. The van der Waals surface area contributed by atoms with Crippen molar-refractivity contribution < 1.29 is 47.9 Å². The summed E-state index contributed by atoms with van der Waals surface area (Å²) in [4.78, 5) is 146. The van der Waals surface area contributed by atoms with Crippen LogP contribution in [0.4, 0.5) is 0 Å². The minimum absolute atomic E-state index is 0.0107. The van der Waals surface area contributed by atoms with Crippen molar-refractivity contribution in [2.75, 3.05) is 24.6 Å². The number of aromatic nitrogens is 1. The number of nitrogens with zero attached hydrogens (tertiary/aromatic N) is 2. The molecule has 5 rings (SSSR count). The Hall–Kier alpha value is -7.19. The van der Waals surface area contributed by atoms with Gasteiger partial charge in [0, 0.05) is 54.5 Å². The van der Waals surface area contributed by atoms with Gasteiger partial charge in [0.05, 0.1) is 12.1 Å². The maximum atomic E-state index is 14.3. The molecule has 3 aromatic rings. The molecule has 424 valence electrons. The number of carbonyl (C=O) groups is 10. The van der Waals surface area contributed by atoms with Crippen LogP contribution in [-0.2, 0) is 60.8 Å². The molecule has 10 atom stereocenters. The molecule has 9 amide bonds. The number of H-pyrrole nitrogens is 1. The quantitative estimate of drug-likeness (QED) is 0.0357. The van der Waals surface area contributed by atoms with E-state index < -0.39 is 114 Å². The van der Waals surface area contributed by atoms with Gasteiger partial charge in [-0.05, 0) is 76.0 Å². The molecule has 26 heteroatoms. The van der Waals surface area contributed by atoms with Crippen molar-refractivity contribution in [3.8, 4) is 0 Å². The number of guanidine groups is 1. The predicted molar refractivity (Wildman–Crippen MR) is 298 cm³/mol. The molecule has 2 saturated heterocycles. The number of aromatic amines is 1. The lowest BCUT2D eigenvalue weighted by Crippen LogP contribution is -2.60. The van der Waals surface area contributed by atoms with E-state index in [1.807, 2.05) is 38.1 Å². The first-order chi connectivity index (χ1) is 37.1. The Labute approximate surface area is 461 Å². The summed E-state index contributed by atoms with van der Waals surface area (Å²) in [6.45, 7) is 8.17. The normalized spacial score (nSPS) is 26.6. The fraction of sp³-hybridized carbons (Fsp3) is 0.519. The summed E-state index contributed by atoms with van der Waals surface area (Å²) in [5.74, 6) is -6.58. The number of nitrogens with two attached hydrogens (primary N) is 3. The van der Waals surface area contributed by atoms with Crippen LogP contribution in [0.25, 0.3) is 10.9 Å². The van der Waals surface area contributed by atoms with Gasteiger partial charge in [0.2, 0.25) is 53.2 Å². The largest absolute Gasteiger partial charge is 0.370 e. The Bertz CT molecular complexity index is 2640. The van der Waals surface area contributed by atoms with E-state index in [1.54, 1.807) is 36.5 Å². The fourth-order valence-electron chi connectivity index (χ4n) is 8.79. The molecule has 0 spiro atoms. The number of para-hydroxylation sites is 1. The van der Waals surface area contributed by atoms with Crippen LogP contribution >= 0.6 is 21.6 Å². The Balaban J connectivity index is 1.43. The van der Waals surface area contributed by atoms with Crippen LogP contribution in [0.5, 0.6) is 0 Å². The number of hydrogen-bond acceptors (Lipinski definition) is 14. The minimum atomic E-state index is -1.31.